The summed E-state index contributed by atoms with van der Waals surface area (Å²) in [6, 6.07) is 6.10. The molecule has 9 heteroatoms. The standard InChI is InChI=1S/C30H46N4O4S/c1-19(2)17-23-10-12-24(13-11-23)32-29(37)22(7)31-30(38)28(20(3)4)33-26(35)14-16-34-15-8-9-25(18-27(34)36)39-21(5)6/h8-13,19-22,25,28H,14-18H2,1-7H3,(H,31,38)(H,32,37)(H,33,35)/t22-,25?,28?/m0/s1. The van der Waals surface area contributed by atoms with Gasteiger partial charge in [0.25, 0.3) is 0 Å². The van der Waals surface area contributed by atoms with Gasteiger partial charge in [-0.25, -0.2) is 0 Å². The van der Waals surface area contributed by atoms with Gasteiger partial charge in [0.05, 0.1) is 0 Å². The van der Waals surface area contributed by atoms with E-state index in [1.807, 2.05) is 44.2 Å². The summed E-state index contributed by atoms with van der Waals surface area (Å²) in [4.78, 5) is 52.8. The number of benzene rings is 1. The molecule has 0 saturated carbocycles. The van der Waals surface area contributed by atoms with Crippen LogP contribution in [-0.4, -0.2) is 64.2 Å². The molecule has 0 spiro atoms. The van der Waals surface area contributed by atoms with Crippen molar-refractivity contribution in [2.75, 3.05) is 18.4 Å². The van der Waals surface area contributed by atoms with E-state index in [4.69, 9.17) is 0 Å². The highest BCUT2D eigenvalue weighted by Crippen LogP contribution is 2.24. The fourth-order valence-corrected chi connectivity index (χ4v) is 5.44. The fourth-order valence-electron chi connectivity index (χ4n) is 4.30. The van der Waals surface area contributed by atoms with E-state index in [1.165, 1.54) is 5.56 Å². The number of carbonyl (C=O) groups excluding carboxylic acids is 4. The minimum Gasteiger partial charge on any atom is -0.344 e. The number of hydrogen-bond acceptors (Lipinski definition) is 5. The molecule has 2 unspecified atom stereocenters. The van der Waals surface area contributed by atoms with E-state index in [-0.39, 0.29) is 41.9 Å². The first-order valence-corrected chi connectivity index (χ1v) is 14.9. The van der Waals surface area contributed by atoms with Gasteiger partial charge in [0.2, 0.25) is 23.6 Å². The quantitative estimate of drug-likeness (QED) is 0.315. The molecule has 4 amide bonds. The van der Waals surface area contributed by atoms with Crippen LogP contribution in [0.4, 0.5) is 5.69 Å². The van der Waals surface area contributed by atoms with Crippen LogP contribution in [0.15, 0.2) is 36.4 Å². The summed E-state index contributed by atoms with van der Waals surface area (Å²) in [6.45, 7) is 14.6. The summed E-state index contributed by atoms with van der Waals surface area (Å²) in [5.41, 5.74) is 1.86. The van der Waals surface area contributed by atoms with E-state index in [9.17, 15) is 19.2 Å². The van der Waals surface area contributed by atoms with Crippen LogP contribution in [0.2, 0.25) is 0 Å². The molecule has 0 fully saturated rings. The van der Waals surface area contributed by atoms with E-state index in [1.54, 1.807) is 23.6 Å². The molecule has 1 heterocycles. The maximum atomic E-state index is 13.0. The van der Waals surface area contributed by atoms with Crippen molar-refractivity contribution in [3.8, 4) is 0 Å². The van der Waals surface area contributed by atoms with E-state index in [2.05, 4.69) is 49.7 Å². The Kier molecular flexibility index (Phi) is 13.0. The highest BCUT2D eigenvalue weighted by molar-refractivity contribution is 8.00. The molecule has 39 heavy (non-hydrogen) atoms. The molecule has 0 bridgehead atoms. The molecule has 0 saturated heterocycles. The van der Waals surface area contributed by atoms with Crippen LogP contribution in [-0.2, 0) is 25.6 Å². The Morgan fingerprint density at radius 3 is 2.23 bits per heavy atom. The minimum absolute atomic E-state index is 0.0264. The normalized spacial score (nSPS) is 17.2. The molecular weight excluding hydrogens is 512 g/mol. The highest BCUT2D eigenvalue weighted by Gasteiger charge is 2.28. The van der Waals surface area contributed by atoms with Crippen LogP contribution in [0.25, 0.3) is 0 Å². The number of thioether (sulfide) groups is 1. The zero-order valence-electron chi connectivity index (χ0n) is 24.5. The van der Waals surface area contributed by atoms with Gasteiger partial charge in [0.1, 0.15) is 12.1 Å². The Balaban J connectivity index is 1.86. The van der Waals surface area contributed by atoms with Crippen molar-refractivity contribution >= 4 is 41.1 Å². The third kappa shape index (κ3) is 11.4. The molecule has 1 aromatic rings. The van der Waals surface area contributed by atoms with Crippen LogP contribution in [0, 0.1) is 11.8 Å². The summed E-state index contributed by atoms with van der Waals surface area (Å²) in [6.07, 6.45) is 5.54. The predicted octanol–water partition coefficient (Wildman–Crippen LogP) is 4.16. The second-order valence-electron chi connectivity index (χ2n) is 11.2. The molecule has 0 radical (unpaired) electrons. The SMILES string of the molecule is CC(C)Cc1ccc(NC(=O)[C@H](C)NC(=O)C(NC(=O)CCN2CC=CC(SC(C)C)CC2=O)C(C)C)cc1. The maximum absolute atomic E-state index is 13.0. The number of hydrogen-bond donors (Lipinski definition) is 3. The van der Waals surface area contributed by atoms with Gasteiger partial charge in [-0.3, -0.25) is 19.2 Å². The number of amides is 4. The molecule has 3 atom stereocenters. The third-order valence-corrected chi connectivity index (χ3v) is 7.56. The first-order chi connectivity index (χ1) is 18.3. The van der Waals surface area contributed by atoms with Crippen molar-refractivity contribution in [1.82, 2.24) is 15.5 Å². The lowest BCUT2D eigenvalue weighted by Gasteiger charge is -2.25. The Morgan fingerprint density at radius 1 is 0.974 bits per heavy atom. The topological polar surface area (TPSA) is 108 Å². The first-order valence-electron chi connectivity index (χ1n) is 13.9. The summed E-state index contributed by atoms with van der Waals surface area (Å²) in [5, 5.41) is 8.92. The Bertz CT molecular complexity index is 1010. The van der Waals surface area contributed by atoms with Gasteiger partial charge < -0.3 is 20.9 Å². The minimum atomic E-state index is -0.797. The number of anilines is 1. The lowest BCUT2D eigenvalue weighted by Crippen LogP contribution is -2.54. The third-order valence-electron chi connectivity index (χ3n) is 6.34. The van der Waals surface area contributed by atoms with E-state index in [0.717, 1.165) is 6.42 Å². The van der Waals surface area contributed by atoms with Crippen LogP contribution in [0.3, 0.4) is 0 Å². The number of nitrogens with zero attached hydrogens (tertiary/aromatic N) is 1. The lowest BCUT2D eigenvalue weighted by atomic mass is 10.0. The van der Waals surface area contributed by atoms with Crippen molar-refractivity contribution in [3.63, 3.8) is 0 Å². The molecule has 1 aliphatic heterocycles. The average molecular weight is 559 g/mol. The van der Waals surface area contributed by atoms with Gasteiger partial charge in [-0.15, -0.1) is 0 Å². The highest BCUT2D eigenvalue weighted by atomic mass is 32.2. The van der Waals surface area contributed by atoms with Crippen molar-refractivity contribution in [2.24, 2.45) is 11.8 Å². The van der Waals surface area contributed by atoms with Crippen molar-refractivity contribution in [1.29, 1.82) is 0 Å². The van der Waals surface area contributed by atoms with E-state index in [0.29, 0.717) is 29.8 Å². The molecule has 2 rings (SSSR count). The van der Waals surface area contributed by atoms with Crippen molar-refractivity contribution in [2.45, 2.75) is 90.3 Å². The molecular formula is C30H46N4O4S. The monoisotopic (exact) mass is 558 g/mol. The zero-order valence-corrected chi connectivity index (χ0v) is 25.3. The van der Waals surface area contributed by atoms with E-state index < -0.39 is 18.0 Å². The molecule has 1 aromatic carbocycles. The maximum Gasteiger partial charge on any atom is 0.246 e. The Morgan fingerprint density at radius 2 is 1.64 bits per heavy atom. The van der Waals surface area contributed by atoms with Crippen molar-refractivity contribution < 1.29 is 19.2 Å². The molecule has 0 aromatic heterocycles. The molecule has 216 valence electrons. The van der Waals surface area contributed by atoms with E-state index >= 15 is 0 Å². The molecule has 3 N–H and O–H groups in total. The molecule has 0 aliphatic carbocycles. The zero-order chi connectivity index (χ0) is 29.1. The van der Waals surface area contributed by atoms with Gasteiger partial charge in [-0.2, -0.15) is 11.8 Å². The lowest BCUT2D eigenvalue weighted by molar-refractivity contribution is -0.133. The summed E-state index contributed by atoms with van der Waals surface area (Å²) in [5.74, 6) is -0.680. The second kappa shape index (κ2) is 15.7. The molecule has 1 aliphatic rings. The van der Waals surface area contributed by atoms with Crippen LogP contribution < -0.4 is 16.0 Å². The van der Waals surface area contributed by atoms with Crippen LogP contribution >= 0.6 is 11.8 Å². The largest absolute Gasteiger partial charge is 0.344 e. The van der Waals surface area contributed by atoms with Crippen LogP contribution in [0.5, 0.6) is 0 Å². The second-order valence-corrected chi connectivity index (χ2v) is 13.1. The van der Waals surface area contributed by atoms with Crippen LogP contribution in [0.1, 0.15) is 66.9 Å². The Hall–Kier alpha value is -2.81. The molecule has 8 nitrogen and oxygen atoms in total. The van der Waals surface area contributed by atoms with Gasteiger partial charge in [0, 0.05) is 36.9 Å². The average Bonchev–Trinajstić information content (AvgIpc) is 3.01. The summed E-state index contributed by atoms with van der Waals surface area (Å²) < 4.78 is 0. The van der Waals surface area contributed by atoms with Gasteiger partial charge in [-0.1, -0.05) is 65.8 Å². The smallest absolute Gasteiger partial charge is 0.246 e. The predicted molar refractivity (Wildman–Crippen MR) is 159 cm³/mol. The van der Waals surface area contributed by atoms with Gasteiger partial charge in [-0.05, 0) is 48.1 Å². The van der Waals surface area contributed by atoms with Gasteiger partial charge in [0.15, 0.2) is 0 Å². The van der Waals surface area contributed by atoms with Crippen molar-refractivity contribution in [3.05, 3.63) is 42.0 Å². The van der Waals surface area contributed by atoms with Gasteiger partial charge >= 0.3 is 0 Å². The Labute approximate surface area is 238 Å². The fraction of sp³-hybridized carbons (Fsp3) is 0.600. The number of rotatable bonds is 13. The first kappa shape index (κ1) is 32.4. The number of carbonyl (C=O) groups is 4. The summed E-state index contributed by atoms with van der Waals surface area (Å²) >= 11 is 1.76. The number of nitrogens with one attached hydrogen (secondary N) is 3. The summed E-state index contributed by atoms with van der Waals surface area (Å²) in [7, 11) is 0.